The Kier molecular flexibility index (Phi) is 5.42. The van der Waals surface area contributed by atoms with Crippen molar-refractivity contribution in [3.8, 4) is 0 Å². The molecule has 0 saturated carbocycles. The number of hydrogen-bond acceptors (Lipinski definition) is 2. The van der Waals surface area contributed by atoms with Gasteiger partial charge in [-0.2, -0.15) is 0 Å². The fourth-order valence-corrected chi connectivity index (χ4v) is 2.50. The van der Waals surface area contributed by atoms with Crippen molar-refractivity contribution in [2.75, 3.05) is 13.7 Å². The van der Waals surface area contributed by atoms with E-state index in [1.807, 2.05) is 37.3 Å². The summed E-state index contributed by atoms with van der Waals surface area (Å²) in [5.41, 5.74) is 0.878. The molecule has 1 N–H and O–H groups in total. The van der Waals surface area contributed by atoms with E-state index in [-0.39, 0.29) is 5.56 Å². The number of benzene rings is 2. The maximum absolute atomic E-state index is 14.1. The van der Waals surface area contributed by atoms with Gasteiger partial charge in [0.2, 0.25) is 0 Å². The quantitative estimate of drug-likeness (QED) is 0.868. The van der Waals surface area contributed by atoms with Crippen molar-refractivity contribution in [3.63, 3.8) is 0 Å². The highest BCUT2D eigenvalue weighted by molar-refractivity contribution is 5.29. The van der Waals surface area contributed by atoms with E-state index in [2.05, 4.69) is 5.32 Å². The minimum atomic E-state index is -0.594. The zero-order valence-electron chi connectivity index (χ0n) is 12.1. The van der Waals surface area contributed by atoms with Gasteiger partial charge in [-0.15, -0.1) is 0 Å². The number of nitrogens with one attached hydrogen (secondary N) is 1. The Labute approximate surface area is 123 Å². The molecule has 0 radical (unpaired) electrons. The molecule has 2 atom stereocenters. The van der Waals surface area contributed by atoms with Gasteiger partial charge in [-0.25, -0.2) is 8.78 Å². The second-order valence-electron chi connectivity index (χ2n) is 4.74. The third kappa shape index (κ3) is 3.46. The Balaban J connectivity index is 2.46. The molecule has 2 nitrogen and oxygen atoms in total. The minimum Gasteiger partial charge on any atom is -0.375 e. The Morgan fingerprint density at radius 1 is 1.00 bits per heavy atom. The lowest BCUT2D eigenvalue weighted by Gasteiger charge is -2.28. The molecule has 0 aromatic heterocycles. The lowest BCUT2D eigenvalue weighted by Crippen LogP contribution is -2.29. The van der Waals surface area contributed by atoms with Crippen LogP contribution in [0.25, 0.3) is 0 Å². The first kappa shape index (κ1) is 15.6. The average molecular weight is 291 g/mol. The van der Waals surface area contributed by atoms with Crippen LogP contribution < -0.4 is 5.32 Å². The van der Waals surface area contributed by atoms with E-state index >= 15 is 0 Å². The van der Waals surface area contributed by atoms with Crippen LogP contribution >= 0.6 is 0 Å². The van der Waals surface area contributed by atoms with E-state index < -0.39 is 23.8 Å². The molecule has 4 heteroatoms. The van der Waals surface area contributed by atoms with E-state index in [0.717, 1.165) is 5.56 Å². The van der Waals surface area contributed by atoms with E-state index in [1.54, 1.807) is 7.11 Å². The molecule has 112 valence electrons. The number of ether oxygens (including phenoxy) is 1. The van der Waals surface area contributed by atoms with Crippen LogP contribution in [0.1, 0.15) is 30.2 Å². The first-order valence-electron chi connectivity index (χ1n) is 6.94. The predicted molar refractivity (Wildman–Crippen MR) is 79.0 cm³/mol. The highest BCUT2D eigenvalue weighted by Crippen LogP contribution is 2.34. The van der Waals surface area contributed by atoms with E-state index in [4.69, 9.17) is 4.74 Å². The zero-order chi connectivity index (χ0) is 15.2. The van der Waals surface area contributed by atoms with Crippen molar-refractivity contribution in [2.45, 2.75) is 19.1 Å². The Morgan fingerprint density at radius 2 is 1.62 bits per heavy atom. The van der Waals surface area contributed by atoms with Crippen LogP contribution in [0.3, 0.4) is 0 Å². The Morgan fingerprint density at radius 3 is 2.14 bits per heavy atom. The van der Waals surface area contributed by atoms with Crippen molar-refractivity contribution in [2.24, 2.45) is 0 Å². The van der Waals surface area contributed by atoms with Crippen molar-refractivity contribution in [1.82, 2.24) is 5.32 Å². The number of hydrogen-bond donors (Lipinski definition) is 1. The van der Waals surface area contributed by atoms with E-state index in [1.165, 1.54) is 18.2 Å². The second-order valence-corrected chi connectivity index (χ2v) is 4.74. The van der Waals surface area contributed by atoms with Gasteiger partial charge in [0, 0.05) is 12.7 Å². The standard InChI is InChI=1S/C17H19F2NO/c1-3-20-16(15-13(18)10-7-11-14(15)19)17(21-2)12-8-5-4-6-9-12/h4-11,16-17,20H,3H2,1-2H3. The molecule has 0 heterocycles. The molecule has 0 spiro atoms. The molecule has 2 aromatic rings. The summed E-state index contributed by atoms with van der Waals surface area (Å²) in [5, 5.41) is 3.13. The van der Waals surface area contributed by atoms with Gasteiger partial charge in [0.05, 0.1) is 6.04 Å². The van der Waals surface area contributed by atoms with Crippen molar-refractivity contribution in [1.29, 1.82) is 0 Å². The zero-order valence-corrected chi connectivity index (χ0v) is 12.1. The van der Waals surface area contributed by atoms with Crippen LogP contribution in [0.5, 0.6) is 0 Å². The second kappa shape index (κ2) is 7.29. The van der Waals surface area contributed by atoms with Gasteiger partial charge in [0.15, 0.2) is 0 Å². The monoisotopic (exact) mass is 291 g/mol. The number of halogens is 2. The van der Waals surface area contributed by atoms with E-state index in [0.29, 0.717) is 6.54 Å². The lowest BCUT2D eigenvalue weighted by molar-refractivity contribution is 0.0656. The first-order valence-corrected chi connectivity index (χ1v) is 6.94. The Bertz CT molecular complexity index is 554. The molecule has 2 rings (SSSR count). The summed E-state index contributed by atoms with van der Waals surface area (Å²) in [5.74, 6) is -1.14. The maximum Gasteiger partial charge on any atom is 0.131 e. The number of methoxy groups -OCH3 is 1. The van der Waals surface area contributed by atoms with Crippen LogP contribution in [-0.4, -0.2) is 13.7 Å². The molecule has 0 aliphatic heterocycles. The van der Waals surface area contributed by atoms with Gasteiger partial charge in [-0.05, 0) is 24.2 Å². The van der Waals surface area contributed by atoms with Gasteiger partial charge in [0.25, 0.3) is 0 Å². The van der Waals surface area contributed by atoms with E-state index in [9.17, 15) is 8.78 Å². The predicted octanol–water partition coefficient (Wildman–Crippen LogP) is 4.00. The molecule has 2 aromatic carbocycles. The highest BCUT2D eigenvalue weighted by Gasteiger charge is 2.28. The summed E-state index contributed by atoms with van der Waals surface area (Å²) in [6.07, 6.45) is -0.474. The molecule has 2 unspecified atom stereocenters. The van der Waals surface area contributed by atoms with Gasteiger partial charge in [-0.3, -0.25) is 0 Å². The molecule has 0 fully saturated rings. The molecule has 0 bridgehead atoms. The smallest absolute Gasteiger partial charge is 0.131 e. The maximum atomic E-state index is 14.1. The van der Waals surface area contributed by atoms with Gasteiger partial charge in [0.1, 0.15) is 17.7 Å². The van der Waals surface area contributed by atoms with Crippen LogP contribution in [0, 0.1) is 11.6 Å². The van der Waals surface area contributed by atoms with Gasteiger partial charge < -0.3 is 10.1 Å². The van der Waals surface area contributed by atoms with Crippen LogP contribution in [0.15, 0.2) is 48.5 Å². The summed E-state index contributed by atoms with van der Waals surface area (Å²) in [6, 6.07) is 12.7. The summed E-state index contributed by atoms with van der Waals surface area (Å²) in [7, 11) is 1.54. The van der Waals surface area contributed by atoms with Gasteiger partial charge in [-0.1, -0.05) is 43.3 Å². The molecule has 21 heavy (non-hydrogen) atoms. The minimum absolute atomic E-state index is 0.00931. The third-order valence-electron chi connectivity index (χ3n) is 3.42. The van der Waals surface area contributed by atoms with Crippen LogP contribution in [0.4, 0.5) is 8.78 Å². The molecular weight excluding hydrogens is 272 g/mol. The number of likely N-dealkylation sites (N-methyl/N-ethyl adjacent to an activating group) is 1. The fraction of sp³-hybridized carbons (Fsp3) is 0.294. The normalized spacial score (nSPS) is 13.9. The summed E-state index contributed by atoms with van der Waals surface area (Å²) >= 11 is 0. The molecule has 0 aliphatic rings. The van der Waals surface area contributed by atoms with Gasteiger partial charge >= 0.3 is 0 Å². The Hall–Kier alpha value is -1.78. The van der Waals surface area contributed by atoms with Crippen LogP contribution in [-0.2, 0) is 4.74 Å². The topological polar surface area (TPSA) is 21.3 Å². The van der Waals surface area contributed by atoms with Crippen molar-refractivity contribution >= 4 is 0 Å². The molecule has 0 aliphatic carbocycles. The lowest BCUT2D eigenvalue weighted by atomic mass is 9.94. The third-order valence-corrected chi connectivity index (χ3v) is 3.42. The summed E-state index contributed by atoms with van der Waals surface area (Å²) in [4.78, 5) is 0. The molecule has 0 amide bonds. The van der Waals surface area contributed by atoms with Crippen LogP contribution in [0.2, 0.25) is 0 Å². The first-order chi connectivity index (χ1) is 10.2. The average Bonchev–Trinajstić information content (AvgIpc) is 2.49. The SMILES string of the molecule is CCNC(c1c(F)cccc1F)C(OC)c1ccccc1. The number of rotatable bonds is 6. The molecular formula is C17H19F2NO. The molecule has 0 saturated heterocycles. The largest absolute Gasteiger partial charge is 0.375 e. The fourth-order valence-electron chi connectivity index (χ4n) is 2.50. The van der Waals surface area contributed by atoms with Crippen molar-refractivity contribution in [3.05, 3.63) is 71.3 Å². The summed E-state index contributed by atoms with van der Waals surface area (Å²) in [6.45, 7) is 2.47. The van der Waals surface area contributed by atoms with Crippen molar-refractivity contribution < 1.29 is 13.5 Å². The highest BCUT2D eigenvalue weighted by atomic mass is 19.1. The summed E-state index contributed by atoms with van der Waals surface area (Å²) < 4.78 is 33.7.